The summed E-state index contributed by atoms with van der Waals surface area (Å²) >= 11 is 3.67. The zero-order valence-electron chi connectivity index (χ0n) is 13.1. The Kier molecular flexibility index (Phi) is 7.38. The Bertz CT molecular complexity index is 423. The average molecular weight is 344 g/mol. The van der Waals surface area contributed by atoms with E-state index in [-0.39, 0.29) is 0 Å². The summed E-state index contributed by atoms with van der Waals surface area (Å²) in [4.78, 5) is 0. The summed E-state index contributed by atoms with van der Waals surface area (Å²) in [5, 5.41) is 3.59. The third-order valence-corrected chi connectivity index (χ3v) is 4.26. The molecule has 0 amide bonds. The third-order valence-electron chi connectivity index (χ3n) is 3.58. The van der Waals surface area contributed by atoms with Gasteiger partial charge in [-0.15, -0.1) is 0 Å². The molecule has 0 aliphatic rings. The molecule has 1 rings (SSSR count). The molecule has 1 N–H and O–H groups in total. The molecule has 0 saturated heterocycles. The van der Waals surface area contributed by atoms with Crippen LogP contribution in [0.25, 0.3) is 0 Å². The molecule has 4 heteroatoms. The lowest BCUT2D eigenvalue weighted by Crippen LogP contribution is -2.27. The summed E-state index contributed by atoms with van der Waals surface area (Å²) < 4.78 is 11.8. The Morgan fingerprint density at radius 2 is 1.75 bits per heavy atom. The molecular formula is C16H26BrNO2. The number of methoxy groups -OCH3 is 2. The van der Waals surface area contributed by atoms with Crippen LogP contribution in [-0.2, 0) is 0 Å². The van der Waals surface area contributed by atoms with E-state index in [0.717, 1.165) is 22.5 Å². The second-order valence-corrected chi connectivity index (χ2v) is 5.88. The lowest BCUT2D eigenvalue weighted by atomic mass is 9.90. The largest absolute Gasteiger partial charge is 0.493 e. The van der Waals surface area contributed by atoms with Crippen molar-refractivity contribution in [1.29, 1.82) is 0 Å². The molecule has 0 aliphatic carbocycles. The molecule has 3 nitrogen and oxygen atoms in total. The van der Waals surface area contributed by atoms with Gasteiger partial charge in [-0.1, -0.05) is 43.1 Å². The Labute approximate surface area is 131 Å². The first-order chi connectivity index (χ1) is 9.58. The predicted octanol–water partition coefficient (Wildman–Crippen LogP) is 4.55. The van der Waals surface area contributed by atoms with E-state index in [1.54, 1.807) is 14.2 Å². The van der Waals surface area contributed by atoms with Gasteiger partial charge in [0.05, 0.1) is 14.2 Å². The number of nitrogens with one attached hydrogen (secondary N) is 1. The number of halogens is 1. The van der Waals surface area contributed by atoms with Crippen molar-refractivity contribution < 1.29 is 9.47 Å². The third kappa shape index (κ3) is 4.13. The molecule has 0 saturated carbocycles. The molecule has 0 fully saturated rings. The van der Waals surface area contributed by atoms with Crippen LogP contribution < -0.4 is 14.8 Å². The van der Waals surface area contributed by atoms with Crippen LogP contribution in [0.5, 0.6) is 11.5 Å². The molecule has 0 aliphatic heterocycles. The first-order valence-corrected chi connectivity index (χ1v) is 8.03. The fourth-order valence-electron chi connectivity index (χ4n) is 2.57. The maximum Gasteiger partial charge on any atom is 0.161 e. The van der Waals surface area contributed by atoms with Gasteiger partial charge in [-0.3, -0.25) is 0 Å². The summed E-state index contributed by atoms with van der Waals surface area (Å²) in [6.45, 7) is 7.60. The first kappa shape index (κ1) is 17.3. The van der Waals surface area contributed by atoms with Crippen LogP contribution in [0.4, 0.5) is 0 Å². The van der Waals surface area contributed by atoms with Gasteiger partial charge in [-0.05, 0) is 36.6 Å². The molecule has 2 atom stereocenters. The van der Waals surface area contributed by atoms with E-state index < -0.39 is 0 Å². The van der Waals surface area contributed by atoms with Gasteiger partial charge < -0.3 is 14.8 Å². The zero-order chi connectivity index (χ0) is 15.1. The van der Waals surface area contributed by atoms with Crippen LogP contribution >= 0.6 is 15.9 Å². The first-order valence-electron chi connectivity index (χ1n) is 7.23. The van der Waals surface area contributed by atoms with Gasteiger partial charge in [0.15, 0.2) is 11.5 Å². The van der Waals surface area contributed by atoms with Crippen molar-refractivity contribution >= 4 is 15.9 Å². The minimum absolute atomic E-state index is 0.314. The number of ether oxygens (including phenoxy) is 2. The summed E-state index contributed by atoms with van der Waals surface area (Å²) in [5.74, 6) is 2.09. The van der Waals surface area contributed by atoms with Crippen molar-refractivity contribution in [3.05, 3.63) is 22.2 Å². The highest BCUT2D eigenvalue weighted by Crippen LogP contribution is 2.38. The van der Waals surface area contributed by atoms with Gasteiger partial charge in [0.25, 0.3) is 0 Å². The Morgan fingerprint density at radius 3 is 2.25 bits per heavy atom. The van der Waals surface area contributed by atoms with Gasteiger partial charge >= 0.3 is 0 Å². The standard InChI is InChI=1S/C16H26BrNO2/c1-6-8-11(3)16(18-7-2)12-9-14(19-4)15(20-5)10-13(12)17/h9-11,16,18H,6-8H2,1-5H3. The van der Waals surface area contributed by atoms with E-state index >= 15 is 0 Å². The highest BCUT2D eigenvalue weighted by Gasteiger charge is 2.22. The quantitative estimate of drug-likeness (QED) is 0.750. The summed E-state index contributed by atoms with van der Waals surface area (Å²) in [7, 11) is 3.33. The van der Waals surface area contributed by atoms with Crippen LogP contribution in [-0.4, -0.2) is 20.8 Å². The fourth-order valence-corrected chi connectivity index (χ4v) is 3.14. The van der Waals surface area contributed by atoms with E-state index in [1.807, 2.05) is 6.07 Å². The highest BCUT2D eigenvalue weighted by molar-refractivity contribution is 9.10. The number of hydrogen-bond acceptors (Lipinski definition) is 3. The topological polar surface area (TPSA) is 30.5 Å². The Hall–Kier alpha value is -0.740. The monoisotopic (exact) mass is 343 g/mol. The number of rotatable bonds is 8. The maximum absolute atomic E-state index is 5.43. The molecule has 2 unspecified atom stereocenters. The number of benzene rings is 1. The van der Waals surface area contributed by atoms with Crippen LogP contribution in [0, 0.1) is 5.92 Å². The second-order valence-electron chi connectivity index (χ2n) is 5.03. The second kappa shape index (κ2) is 8.53. The van der Waals surface area contributed by atoms with Gasteiger partial charge in [0, 0.05) is 10.5 Å². The minimum atomic E-state index is 0.314. The zero-order valence-corrected chi connectivity index (χ0v) is 14.7. The smallest absolute Gasteiger partial charge is 0.161 e. The maximum atomic E-state index is 5.43. The summed E-state index contributed by atoms with van der Waals surface area (Å²) in [6.07, 6.45) is 2.38. The molecule has 0 aromatic heterocycles. The number of hydrogen-bond donors (Lipinski definition) is 1. The van der Waals surface area contributed by atoms with Gasteiger partial charge in [0.1, 0.15) is 0 Å². The lowest BCUT2D eigenvalue weighted by Gasteiger charge is -2.27. The van der Waals surface area contributed by atoms with Crippen LogP contribution in [0.3, 0.4) is 0 Å². The van der Waals surface area contributed by atoms with Gasteiger partial charge in [0.2, 0.25) is 0 Å². The summed E-state index contributed by atoms with van der Waals surface area (Å²) in [5.41, 5.74) is 1.23. The van der Waals surface area contributed by atoms with E-state index in [9.17, 15) is 0 Å². The van der Waals surface area contributed by atoms with Crippen molar-refractivity contribution in [1.82, 2.24) is 5.32 Å². The van der Waals surface area contributed by atoms with E-state index in [2.05, 4.69) is 48.1 Å². The molecule has 1 aromatic carbocycles. The van der Waals surface area contributed by atoms with Gasteiger partial charge in [-0.2, -0.15) is 0 Å². The highest BCUT2D eigenvalue weighted by atomic mass is 79.9. The van der Waals surface area contributed by atoms with E-state index in [0.29, 0.717) is 12.0 Å². The molecule has 0 heterocycles. The van der Waals surface area contributed by atoms with Crippen LogP contribution in [0.1, 0.15) is 45.2 Å². The van der Waals surface area contributed by atoms with Crippen LogP contribution in [0.15, 0.2) is 16.6 Å². The molecule has 114 valence electrons. The molecule has 1 aromatic rings. The Balaban J connectivity index is 3.18. The molecule has 0 spiro atoms. The average Bonchev–Trinajstić information content (AvgIpc) is 2.45. The van der Waals surface area contributed by atoms with Crippen molar-refractivity contribution in [2.75, 3.05) is 20.8 Å². The van der Waals surface area contributed by atoms with Gasteiger partial charge in [-0.25, -0.2) is 0 Å². The summed E-state index contributed by atoms with van der Waals surface area (Å²) in [6, 6.07) is 4.37. The SMILES string of the molecule is CCCC(C)C(NCC)c1cc(OC)c(OC)cc1Br. The predicted molar refractivity (Wildman–Crippen MR) is 87.7 cm³/mol. The van der Waals surface area contributed by atoms with Crippen molar-refractivity contribution in [2.45, 2.75) is 39.7 Å². The normalized spacial score (nSPS) is 13.9. The lowest BCUT2D eigenvalue weighted by molar-refractivity contribution is 0.346. The van der Waals surface area contributed by atoms with E-state index in [1.165, 1.54) is 18.4 Å². The van der Waals surface area contributed by atoms with E-state index in [4.69, 9.17) is 9.47 Å². The molecular weight excluding hydrogens is 318 g/mol. The van der Waals surface area contributed by atoms with Crippen molar-refractivity contribution in [3.63, 3.8) is 0 Å². The van der Waals surface area contributed by atoms with Crippen LogP contribution in [0.2, 0.25) is 0 Å². The van der Waals surface area contributed by atoms with Crippen molar-refractivity contribution in [2.24, 2.45) is 5.92 Å². The Morgan fingerprint density at radius 1 is 1.15 bits per heavy atom. The molecule has 0 bridgehead atoms. The minimum Gasteiger partial charge on any atom is -0.493 e. The fraction of sp³-hybridized carbons (Fsp3) is 0.625. The van der Waals surface area contributed by atoms with Crippen molar-refractivity contribution in [3.8, 4) is 11.5 Å². The molecule has 0 radical (unpaired) electrons. The molecule has 20 heavy (non-hydrogen) atoms.